The first-order chi connectivity index (χ1) is 10.8. The molecule has 0 aromatic carbocycles. The summed E-state index contributed by atoms with van der Waals surface area (Å²) in [6, 6.07) is 1.39. The lowest BCUT2D eigenvalue weighted by Gasteiger charge is -2.64. The van der Waals surface area contributed by atoms with Crippen LogP contribution < -0.4 is 10.6 Å². The molecule has 4 heteroatoms. The average Bonchev–Trinajstić information content (AvgIpc) is 2.93. The summed E-state index contributed by atoms with van der Waals surface area (Å²) in [4.78, 5) is 5.38. The van der Waals surface area contributed by atoms with Gasteiger partial charge in [-0.2, -0.15) is 0 Å². The highest BCUT2D eigenvalue weighted by Crippen LogP contribution is 2.46. The molecule has 2 spiro atoms. The Kier molecular flexibility index (Phi) is 3.84. The van der Waals surface area contributed by atoms with E-state index in [1.54, 1.807) is 0 Å². The van der Waals surface area contributed by atoms with E-state index in [2.05, 4.69) is 48.1 Å². The van der Waals surface area contributed by atoms with Crippen LogP contribution in [0.5, 0.6) is 0 Å². The molecule has 4 aliphatic heterocycles. The molecule has 1 atom stereocenters. The molecule has 1 unspecified atom stereocenters. The minimum absolute atomic E-state index is 0.314. The van der Waals surface area contributed by atoms with Gasteiger partial charge in [0, 0.05) is 61.3 Å². The third-order valence-corrected chi connectivity index (χ3v) is 7.61. The summed E-state index contributed by atoms with van der Waals surface area (Å²) in [6.45, 7) is 17.2. The number of piperidine rings is 1. The van der Waals surface area contributed by atoms with E-state index in [4.69, 9.17) is 0 Å². The first kappa shape index (κ1) is 16.3. The minimum Gasteiger partial charge on any atom is -0.316 e. The van der Waals surface area contributed by atoms with Crippen molar-refractivity contribution in [2.24, 2.45) is 5.41 Å². The number of rotatable bonds is 3. The van der Waals surface area contributed by atoms with Gasteiger partial charge in [0.05, 0.1) is 0 Å². The fourth-order valence-corrected chi connectivity index (χ4v) is 5.44. The molecule has 4 nitrogen and oxygen atoms in total. The minimum atomic E-state index is 0.314. The highest BCUT2D eigenvalue weighted by molar-refractivity contribution is 5.15. The Morgan fingerprint density at radius 1 is 1.09 bits per heavy atom. The Balaban J connectivity index is 1.29. The smallest absolute Gasteiger partial charge is 0.0307 e. The normalized spacial score (nSPS) is 34.0. The third kappa shape index (κ3) is 2.66. The number of hydrogen-bond acceptors (Lipinski definition) is 4. The van der Waals surface area contributed by atoms with Gasteiger partial charge in [0.25, 0.3) is 0 Å². The summed E-state index contributed by atoms with van der Waals surface area (Å²) >= 11 is 0. The van der Waals surface area contributed by atoms with Crippen LogP contribution in [-0.4, -0.2) is 72.2 Å². The lowest BCUT2D eigenvalue weighted by Crippen LogP contribution is -2.78. The number of hydrogen-bond donors (Lipinski definition) is 2. The Morgan fingerprint density at radius 2 is 1.74 bits per heavy atom. The number of nitrogens with zero attached hydrogens (tertiary/aromatic N) is 2. The quantitative estimate of drug-likeness (QED) is 0.828. The van der Waals surface area contributed by atoms with E-state index in [1.807, 2.05) is 0 Å². The molecule has 0 aromatic rings. The maximum atomic E-state index is 4.04. The lowest BCUT2D eigenvalue weighted by molar-refractivity contribution is -0.103. The fraction of sp³-hybridized carbons (Fsp3) is 1.00. The van der Waals surface area contributed by atoms with E-state index >= 15 is 0 Å². The van der Waals surface area contributed by atoms with Gasteiger partial charge in [0.2, 0.25) is 0 Å². The van der Waals surface area contributed by atoms with Crippen LogP contribution in [0.3, 0.4) is 0 Å². The van der Waals surface area contributed by atoms with Gasteiger partial charge in [0.1, 0.15) is 0 Å². The van der Waals surface area contributed by atoms with Crippen molar-refractivity contribution in [3.8, 4) is 0 Å². The average molecular weight is 321 g/mol. The van der Waals surface area contributed by atoms with Crippen molar-refractivity contribution < 1.29 is 0 Å². The predicted molar refractivity (Wildman–Crippen MR) is 95.8 cm³/mol. The van der Waals surface area contributed by atoms with Crippen LogP contribution in [0, 0.1) is 5.41 Å². The van der Waals surface area contributed by atoms with Crippen molar-refractivity contribution in [1.29, 1.82) is 0 Å². The lowest BCUT2D eigenvalue weighted by atomic mass is 9.66. The van der Waals surface area contributed by atoms with Crippen LogP contribution in [0.1, 0.15) is 53.4 Å². The zero-order valence-corrected chi connectivity index (χ0v) is 15.6. The first-order valence-electron chi connectivity index (χ1n) is 9.82. The van der Waals surface area contributed by atoms with Gasteiger partial charge in [-0.25, -0.2) is 0 Å². The summed E-state index contributed by atoms with van der Waals surface area (Å²) in [6.07, 6.45) is 5.44. The summed E-state index contributed by atoms with van der Waals surface area (Å²) in [7, 11) is 0. The molecule has 0 radical (unpaired) electrons. The Morgan fingerprint density at radius 3 is 2.26 bits per heavy atom. The van der Waals surface area contributed by atoms with Crippen molar-refractivity contribution in [3.05, 3.63) is 0 Å². The van der Waals surface area contributed by atoms with Crippen LogP contribution in [-0.2, 0) is 0 Å². The molecular formula is C19H36N4. The molecule has 0 amide bonds. The maximum absolute atomic E-state index is 4.04. The highest BCUT2D eigenvalue weighted by Gasteiger charge is 2.56. The van der Waals surface area contributed by atoms with E-state index in [0.717, 1.165) is 0 Å². The van der Waals surface area contributed by atoms with Crippen molar-refractivity contribution in [3.63, 3.8) is 0 Å². The molecular weight excluding hydrogens is 284 g/mol. The zero-order valence-electron chi connectivity index (χ0n) is 15.6. The van der Waals surface area contributed by atoms with Gasteiger partial charge in [-0.1, -0.05) is 0 Å². The molecule has 0 aromatic heterocycles. The monoisotopic (exact) mass is 320 g/mol. The molecule has 2 N–H and O–H groups in total. The van der Waals surface area contributed by atoms with E-state index in [0.29, 0.717) is 28.6 Å². The van der Waals surface area contributed by atoms with Gasteiger partial charge >= 0.3 is 0 Å². The van der Waals surface area contributed by atoms with Crippen LogP contribution in [0.25, 0.3) is 0 Å². The van der Waals surface area contributed by atoms with E-state index in [1.165, 1.54) is 65.0 Å². The molecule has 23 heavy (non-hydrogen) atoms. The molecule has 4 saturated heterocycles. The van der Waals surface area contributed by atoms with Crippen molar-refractivity contribution >= 4 is 0 Å². The fourth-order valence-electron chi connectivity index (χ4n) is 5.44. The van der Waals surface area contributed by atoms with Crippen LogP contribution >= 0.6 is 0 Å². The van der Waals surface area contributed by atoms with Crippen molar-refractivity contribution in [1.82, 2.24) is 20.4 Å². The topological polar surface area (TPSA) is 30.5 Å². The van der Waals surface area contributed by atoms with Crippen LogP contribution in [0.15, 0.2) is 0 Å². The summed E-state index contributed by atoms with van der Waals surface area (Å²) in [5.74, 6) is 0. The standard InChI is InChI=1S/C19H36N4/c1-15(2)22-9-6-19(7-10-22)11-16(21-19)17(3,4)23-13-18(14-23)5-8-20-12-18/h15-16,20-21H,5-14H2,1-4H3. The largest absolute Gasteiger partial charge is 0.316 e. The van der Waals surface area contributed by atoms with Crippen LogP contribution in [0.2, 0.25) is 0 Å². The van der Waals surface area contributed by atoms with Gasteiger partial charge in [0.15, 0.2) is 0 Å². The van der Waals surface area contributed by atoms with Crippen molar-refractivity contribution in [2.45, 2.75) is 76.5 Å². The van der Waals surface area contributed by atoms with Gasteiger partial charge in [-0.05, 0) is 59.9 Å². The highest BCUT2D eigenvalue weighted by atomic mass is 15.3. The van der Waals surface area contributed by atoms with E-state index < -0.39 is 0 Å². The van der Waals surface area contributed by atoms with E-state index in [9.17, 15) is 0 Å². The third-order valence-electron chi connectivity index (χ3n) is 7.61. The Labute approximate surface area is 142 Å². The van der Waals surface area contributed by atoms with Gasteiger partial charge < -0.3 is 15.5 Å². The second-order valence-corrected chi connectivity index (χ2v) is 9.75. The summed E-state index contributed by atoms with van der Waals surface area (Å²) in [5.41, 5.74) is 1.39. The van der Waals surface area contributed by atoms with Gasteiger partial charge in [-0.15, -0.1) is 0 Å². The zero-order chi connectivity index (χ0) is 16.3. The summed E-state index contributed by atoms with van der Waals surface area (Å²) < 4.78 is 0. The molecule has 4 fully saturated rings. The molecule has 4 heterocycles. The number of nitrogens with one attached hydrogen (secondary N) is 2. The SMILES string of the molecule is CC(C)N1CCC2(CC1)CC(C(C)(C)N1CC3(CCNC3)C1)N2. The maximum Gasteiger partial charge on any atom is 0.0307 e. The molecule has 132 valence electrons. The summed E-state index contributed by atoms with van der Waals surface area (Å²) in [5, 5.41) is 7.60. The van der Waals surface area contributed by atoms with Crippen LogP contribution in [0.4, 0.5) is 0 Å². The van der Waals surface area contributed by atoms with Crippen molar-refractivity contribution in [2.75, 3.05) is 39.3 Å². The second-order valence-electron chi connectivity index (χ2n) is 9.75. The Bertz CT molecular complexity index is 428. The molecule has 0 saturated carbocycles. The Hall–Kier alpha value is -0.160. The molecule has 4 rings (SSSR count). The first-order valence-corrected chi connectivity index (χ1v) is 9.82. The predicted octanol–water partition coefficient (Wildman–Crippen LogP) is 1.67. The second kappa shape index (κ2) is 5.42. The number of likely N-dealkylation sites (tertiary alicyclic amines) is 2. The molecule has 0 aliphatic carbocycles. The van der Waals surface area contributed by atoms with Gasteiger partial charge in [-0.3, -0.25) is 4.90 Å². The molecule has 4 aliphatic rings. The molecule has 0 bridgehead atoms. The van der Waals surface area contributed by atoms with E-state index in [-0.39, 0.29) is 0 Å².